The second-order valence-corrected chi connectivity index (χ2v) is 7.21. The van der Waals surface area contributed by atoms with Crippen LogP contribution in [0.1, 0.15) is 40.9 Å². The molecule has 0 fully saturated rings. The smallest absolute Gasteiger partial charge is 0.331 e. The van der Waals surface area contributed by atoms with E-state index in [0.29, 0.717) is 11.1 Å². The zero-order valence-corrected chi connectivity index (χ0v) is 17.2. The highest BCUT2D eigenvalue weighted by Gasteiger charge is 2.15. The van der Waals surface area contributed by atoms with Gasteiger partial charge in [-0.1, -0.05) is 35.5 Å². The Kier molecular flexibility index (Phi) is 5.19. The van der Waals surface area contributed by atoms with Gasteiger partial charge in [0.15, 0.2) is 5.78 Å². The largest absolute Gasteiger partial charge is 0.341 e. The maximum Gasteiger partial charge on any atom is 0.331 e. The Hall–Kier alpha value is -3.73. The number of carbonyl (C=O) groups is 2. The summed E-state index contributed by atoms with van der Waals surface area (Å²) in [6.45, 7) is 6.17. The Morgan fingerprint density at radius 1 is 1.00 bits per heavy atom. The van der Waals surface area contributed by atoms with Gasteiger partial charge in [0.25, 0.3) is 0 Å². The van der Waals surface area contributed by atoms with E-state index in [4.69, 9.17) is 0 Å². The standard InChI is InChI=1S/C25H22N2O3/c1-4-27-23-11-9-18(15-26-30-17(3)28)13-21(23)22-14-19(10-12-24(22)27)25(29)20-8-6-5-7-16(20)2/h5-15H,4H2,1-3H3/b26-15+. The fourth-order valence-corrected chi connectivity index (χ4v) is 3.83. The zero-order chi connectivity index (χ0) is 21.3. The molecule has 30 heavy (non-hydrogen) atoms. The van der Waals surface area contributed by atoms with Crippen LogP contribution in [0.4, 0.5) is 0 Å². The van der Waals surface area contributed by atoms with Crippen LogP contribution in [0.25, 0.3) is 21.8 Å². The van der Waals surface area contributed by atoms with E-state index in [2.05, 4.69) is 21.5 Å². The quantitative estimate of drug-likeness (QED) is 0.200. The van der Waals surface area contributed by atoms with Crippen molar-refractivity contribution in [3.8, 4) is 0 Å². The molecule has 0 N–H and O–H groups in total. The highest BCUT2D eigenvalue weighted by molar-refractivity contribution is 6.15. The van der Waals surface area contributed by atoms with E-state index in [-0.39, 0.29) is 5.78 Å². The van der Waals surface area contributed by atoms with Crippen LogP contribution in [0.2, 0.25) is 0 Å². The molecule has 5 heteroatoms. The monoisotopic (exact) mass is 398 g/mol. The van der Waals surface area contributed by atoms with Crippen molar-refractivity contribution >= 4 is 39.8 Å². The highest BCUT2D eigenvalue weighted by Crippen LogP contribution is 2.31. The molecule has 0 saturated carbocycles. The van der Waals surface area contributed by atoms with Gasteiger partial charge in [-0.25, -0.2) is 4.79 Å². The lowest BCUT2D eigenvalue weighted by atomic mass is 9.98. The summed E-state index contributed by atoms with van der Waals surface area (Å²) in [5.41, 5.74) is 5.30. The minimum Gasteiger partial charge on any atom is -0.341 e. The van der Waals surface area contributed by atoms with Gasteiger partial charge in [0.2, 0.25) is 0 Å². The van der Waals surface area contributed by atoms with Crippen LogP contribution in [0.15, 0.2) is 65.8 Å². The topological polar surface area (TPSA) is 60.7 Å². The van der Waals surface area contributed by atoms with Gasteiger partial charge in [-0.15, -0.1) is 0 Å². The average Bonchev–Trinajstić information content (AvgIpc) is 3.05. The molecule has 0 spiro atoms. The van der Waals surface area contributed by atoms with E-state index in [1.165, 1.54) is 13.1 Å². The van der Waals surface area contributed by atoms with E-state index in [9.17, 15) is 9.59 Å². The number of carbonyl (C=O) groups excluding carboxylic acids is 2. The van der Waals surface area contributed by atoms with Crippen molar-refractivity contribution in [3.63, 3.8) is 0 Å². The number of benzene rings is 3. The van der Waals surface area contributed by atoms with Crippen molar-refractivity contribution in [2.24, 2.45) is 5.16 Å². The first-order valence-corrected chi connectivity index (χ1v) is 9.87. The van der Waals surface area contributed by atoms with E-state index >= 15 is 0 Å². The fourth-order valence-electron chi connectivity index (χ4n) is 3.83. The van der Waals surface area contributed by atoms with Crippen LogP contribution < -0.4 is 0 Å². The van der Waals surface area contributed by atoms with E-state index in [1.807, 2.05) is 67.6 Å². The number of aromatic nitrogens is 1. The lowest BCUT2D eigenvalue weighted by molar-refractivity contribution is -0.140. The number of fused-ring (bicyclic) bond motifs is 3. The van der Waals surface area contributed by atoms with Crippen LogP contribution in [-0.2, 0) is 16.2 Å². The van der Waals surface area contributed by atoms with Gasteiger partial charge in [-0.05, 0) is 55.3 Å². The van der Waals surface area contributed by atoms with Crippen molar-refractivity contribution in [2.75, 3.05) is 0 Å². The first-order valence-electron chi connectivity index (χ1n) is 9.87. The molecular weight excluding hydrogens is 376 g/mol. The van der Waals surface area contributed by atoms with Crippen LogP contribution in [0.3, 0.4) is 0 Å². The third-order valence-corrected chi connectivity index (χ3v) is 5.24. The molecule has 5 nitrogen and oxygen atoms in total. The van der Waals surface area contributed by atoms with Crippen molar-refractivity contribution in [1.29, 1.82) is 0 Å². The SMILES string of the molecule is CCn1c2ccc(/C=N/OC(C)=O)cc2c2cc(C(=O)c3ccccc3C)ccc21. The van der Waals surface area contributed by atoms with Crippen molar-refractivity contribution in [2.45, 2.75) is 27.3 Å². The van der Waals surface area contributed by atoms with Crippen molar-refractivity contribution < 1.29 is 14.4 Å². The fraction of sp³-hybridized carbons (Fsp3) is 0.160. The van der Waals surface area contributed by atoms with Crippen molar-refractivity contribution in [1.82, 2.24) is 4.57 Å². The predicted molar refractivity (Wildman–Crippen MR) is 119 cm³/mol. The lowest BCUT2D eigenvalue weighted by Crippen LogP contribution is -2.03. The second-order valence-electron chi connectivity index (χ2n) is 7.21. The summed E-state index contributed by atoms with van der Waals surface area (Å²) in [4.78, 5) is 28.7. The summed E-state index contributed by atoms with van der Waals surface area (Å²) in [6.07, 6.45) is 1.51. The Labute approximate surface area is 174 Å². The second kappa shape index (κ2) is 7.95. The molecule has 4 aromatic rings. The third-order valence-electron chi connectivity index (χ3n) is 5.24. The average molecular weight is 398 g/mol. The zero-order valence-electron chi connectivity index (χ0n) is 17.2. The molecule has 0 amide bonds. The molecule has 0 bridgehead atoms. The molecule has 1 heterocycles. The molecule has 0 saturated heterocycles. The van der Waals surface area contributed by atoms with E-state index in [0.717, 1.165) is 39.5 Å². The first kappa shape index (κ1) is 19.6. The molecular formula is C25H22N2O3. The van der Waals surface area contributed by atoms with Crippen LogP contribution in [-0.4, -0.2) is 22.5 Å². The number of nitrogens with zero attached hydrogens (tertiary/aromatic N) is 2. The maximum atomic E-state index is 13.1. The Morgan fingerprint density at radius 2 is 1.70 bits per heavy atom. The molecule has 150 valence electrons. The highest BCUT2D eigenvalue weighted by atomic mass is 16.7. The Balaban J connectivity index is 1.86. The molecule has 0 aliphatic rings. The van der Waals surface area contributed by atoms with Gasteiger partial charge in [-0.2, -0.15) is 0 Å². The normalized spacial score (nSPS) is 11.4. The summed E-state index contributed by atoms with van der Waals surface area (Å²) in [5, 5.41) is 5.75. The number of oxime groups is 1. The van der Waals surface area contributed by atoms with Gasteiger partial charge >= 0.3 is 5.97 Å². The molecule has 0 atom stereocenters. The van der Waals surface area contributed by atoms with E-state index < -0.39 is 5.97 Å². The molecule has 1 aromatic heterocycles. The summed E-state index contributed by atoms with van der Waals surface area (Å²) in [6, 6.07) is 19.5. The number of aryl methyl sites for hydroxylation is 2. The number of hydrogen-bond donors (Lipinski definition) is 0. The third kappa shape index (κ3) is 3.50. The van der Waals surface area contributed by atoms with Gasteiger partial charge in [0, 0.05) is 46.4 Å². The van der Waals surface area contributed by atoms with Gasteiger partial charge in [0.1, 0.15) is 0 Å². The summed E-state index contributed by atoms with van der Waals surface area (Å²) in [5.74, 6) is -0.450. The Morgan fingerprint density at radius 3 is 2.40 bits per heavy atom. The predicted octanol–water partition coefficient (Wildman–Crippen LogP) is 5.25. The van der Waals surface area contributed by atoms with E-state index in [1.54, 1.807) is 0 Å². The molecule has 0 radical (unpaired) electrons. The number of rotatable bonds is 5. The van der Waals surface area contributed by atoms with Crippen LogP contribution >= 0.6 is 0 Å². The molecule has 0 unspecified atom stereocenters. The van der Waals surface area contributed by atoms with Gasteiger partial charge in [0.05, 0.1) is 6.21 Å². The molecule has 0 aliphatic carbocycles. The Bertz CT molecular complexity index is 1310. The minimum absolute atomic E-state index is 0.0139. The van der Waals surface area contributed by atoms with Gasteiger partial charge in [-0.3, -0.25) is 4.79 Å². The summed E-state index contributed by atoms with van der Waals surface area (Å²) < 4.78 is 2.22. The van der Waals surface area contributed by atoms with Crippen molar-refractivity contribution in [3.05, 3.63) is 82.9 Å². The molecule has 0 aliphatic heterocycles. The van der Waals surface area contributed by atoms with Crippen LogP contribution in [0.5, 0.6) is 0 Å². The van der Waals surface area contributed by atoms with Gasteiger partial charge < -0.3 is 9.40 Å². The number of ketones is 1. The molecule has 4 rings (SSSR count). The van der Waals surface area contributed by atoms with Crippen LogP contribution in [0, 0.1) is 6.92 Å². The summed E-state index contributed by atoms with van der Waals surface area (Å²) >= 11 is 0. The maximum absolute atomic E-state index is 13.1. The minimum atomic E-state index is -0.464. The number of hydrogen-bond acceptors (Lipinski definition) is 4. The molecule has 3 aromatic carbocycles. The lowest BCUT2D eigenvalue weighted by Gasteiger charge is -2.06. The first-order chi connectivity index (χ1) is 14.5. The summed E-state index contributed by atoms with van der Waals surface area (Å²) in [7, 11) is 0.